The van der Waals surface area contributed by atoms with Gasteiger partial charge in [-0.05, 0) is 38.1 Å². The molecule has 4 rings (SSSR count). The molecule has 5 heteroatoms. The van der Waals surface area contributed by atoms with Gasteiger partial charge in [-0.2, -0.15) is 0 Å². The van der Waals surface area contributed by atoms with Gasteiger partial charge in [0.25, 0.3) is 0 Å². The van der Waals surface area contributed by atoms with Gasteiger partial charge in [-0.1, -0.05) is 0 Å². The van der Waals surface area contributed by atoms with Gasteiger partial charge in [0.1, 0.15) is 11.9 Å². The third-order valence-electron chi connectivity index (χ3n) is 5.19. The maximum Gasteiger partial charge on any atom is 0.340 e. The first-order chi connectivity index (χ1) is 10.6. The van der Waals surface area contributed by atoms with E-state index in [4.69, 9.17) is 4.74 Å². The lowest BCUT2D eigenvalue weighted by atomic mass is 10.0. The molecule has 0 radical (unpaired) electrons. The number of benzene rings is 1. The molecule has 2 unspecified atom stereocenters. The molecule has 116 valence electrons. The summed E-state index contributed by atoms with van der Waals surface area (Å²) < 4.78 is 18.9. The zero-order valence-corrected chi connectivity index (χ0v) is 12.5. The largest absolute Gasteiger partial charge is 0.459 e. The lowest BCUT2D eigenvalue weighted by molar-refractivity contribution is -0.000259. The summed E-state index contributed by atoms with van der Waals surface area (Å²) in [4.78, 5) is 17.8. The number of piperidine rings is 1. The second-order valence-corrected chi connectivity index (χ2v) is 6.44. The van der Waals surface area contributed by atoms with Gasteiger partial charge >= 0.3 is 5.97 Å². The molecule has 0 spiro atoms. The number of fused-ring (bicyclic) bond motifs is 3. The Hall–Kier alpha value is -1.88. The summed E-state index contributed by atoms with van der Waals surface area (Å²) in [5.41, 5.74) is 1.11. The predicted octanol–water partition coefficient (Wildman–Crippen LogP) is 3.09. The first-order valence-corrected chi connectivity index (χ1v) is 7.81. The summed E-state index contributed by atoms with van der Waals surface area (Å²) in [5.74, 6) is -0.632. The van der Waals surface area contributed by atoms with E-state index in [9.17, 15) is 9.18 Å². The van der Waals surface area contributed by atoms with Gasteiger partial charge in [0.15, 0.2) is 0 Å². The van der Waals surface area contributed by atoms with Crippen molar-refractivity contribution in [2.75, 3.05) is 7.05 Å². The first kappa shape index (κ1) is 13.8. The van der Waals surface area contributed by atoms with Gasteiger partial charge in [-0.15, -0.1) is 0 Å². The maximum absolute atomic E-state index is 13.2. The van der Waals surface area contributed by atoms with Crippen molar-refractivity contribution in [2.45, 2.75) is 43.9 Å². The lowest BCUT2D eigenvalue weighted by Gasteiger charge is -2.35. The molecule has 2 aromatic rings. The molecule has 0 aliphatic carbocycles. The van der Waals surface area contributed by atoms with E-state index in [1.165, 1.54) is 25.0 Å². The molecule has 1 N–H and O–H groups in total. The highest BCUT2D eigenvalue weighted by molar-refractivity contribution is 6.04. The summed E-state index contributed by atoms with van der Waals surface area (Å²) >= 11 is 0. The Morgan fingerprint density at radius 3 is 2.77 bits per heavy atom. The summed E-state index contributed by atoms with van der Waals surface area (Å²) in [6.07, 6.45) is 5.82. The number of hydrogen-bond acceptors (Lipinski definition) is 3. The number of ether oxygens (including phenoxy) is 1. The highest BCUT2D eigenvalue weighted by Crippen LogP contribution is 2.36. The summed E-state index contributed by atoms with van der Waals surface area (Å²) in [6, 6.07) is 5.45. The first-order valence-electron chi connectivity index (χ1n) is 7.81. The molecule has 2 aliphatic rings. The van der Waals surface area contributed by atoms with Gasteiger partial charge in [0.2, 0.25) is 0 Å². The van der Waals surface area contributed by atoms with E-state index in [-0.39, 0.29) is 17.9 Å². The summed E-state index contributed by atoms with van der Waals surface area (Å²) in [7, 11) is 2.16. The second-order valence-electron chi connectivity index (χ2n) is 6.44. The van der Waals surface area contributed by atoms with Crippen LogP contribution in [0.3, 0.4) is 0 Å². The SMILES string of the molecule is CN1C2CC[C@H]1CC(OC(=O)c1c[nH]c3cc(F)ccc13)C2. The lowest BCUT2D eigenvalue weighted by Crippen LogP contribution is -2.43. The Bertz CT molecular complexity index is 713. The van der Waals surface area contributed by atoms with Crippen LogP contribution in [-0.4, -0.2) is 41.1 Å². The minimum atomic E-state index is -0.318. The highest BCUT2D eigenvalue weighted by atomic mass is 19.1. The quantitative estimate of drug-likeness (QED) is 0.867. The number of aromatic amines is 1. The summed E-state index contributed by atoms with van der Waals surface area (Å²) in [5, 5.41) is 0.710. The molecule has 2 saturated heterocycles. The number of carbonyl (C=O) groups excluding carboxylic acids is 1. The van der Waals surface area contributed by atoms with E-state index >= 15 is 0 Å². The molecule has 3 atom stereocenters. The number of esters is 1. The van der Waals surface area contributed by atoms with Crippen LogP contribution in [0.25, 0.3) is 10.9 Å². The molecule has 22 heavy (non-hydrogen) atoms. The number of carbonyl (C=O) groups is 1. The number of nitrogens with one attached hydrogen (secondary N) is 1. The Morgan fingerprint density at radius 2 is 2.05 bits per heavy atom. The van der Waals surface area contributed by atoms with Crippen molar-refractivity contribution >= 4 is 16.9 Å². The van der Waals surface area contributed by atoms with Crippen LogP contribution in [0.4, 0.5) is 4.39 Å². The third kappa shape index (κ3) is 2.20. The van der Waals surface area contributed by atoms with Gasteiger partial charge in [-0.3, -0.25) is 0 Å². The van der Waals surface area contributed by atoms with E-state index in [2.05, 4.69) is 16.9 Å². The van der Waals surface area contributed by atoms with E-state index < -0.39 is 0 Å². The third-order valence-corrected chi connectivity index (χ3v) is 5.19. The summed E-state index contributed by atoms with van der Waals surface area (Å²) in [6.45, 7) is 0. The van der Waals surface area contributed by atoms with Crippen LogP contribution >= 0.6 is 0 Å². The molecule has 3 heterocycles. The normalized spacial score (nSPS) is 28.2. The predicted molar refractivity (Wildman–Crippen MR) is 81.3 cm³/mol. The highest BCUT2D eigenvalue weighted by Gasteiger charge is 2.40. The fourth-order valence-electron chi connectivity index (χ4n) is 3.94. The van der Waals surface area contributed by atoms with Crippen molar-refractivity contribution in [3.8, 4) is 0 Å². The minimum Gasteiger partial charge on any atom is -0.459 e. The smallest absolute Gasteiger partial charge is 0.340 e. The number of rotatable bonds is 2. The molecule has 0 amide bonds. The molecule has 2 fully saturated rings. The Morgan fingerprint density at radius 1 is 1.32 bits per heavy atom. The zero-order chi connectivity index (χ0) is 15.3. The monoisotopic (exact) mass is 302 g/mol. The zero-order valence-electron chi connectivity index (χ0n) is 12.5. The Balaban J connectivity index is 1.52. The second kappa shape index (κ2) is 5.09. The molecular weight excluding hydrogens is 283 g/mol. The number of H-pyrrole nitrogens is 1. The Kier molecular flexibility index (Phi) is 3.18. The standard InChI is InChI=1S/C17H19FN2O2/c1-20-11-3-4-12(20)8-13(7-11)22-17(21)15-9-19-16-6-10(18)2-5-14(15)16/h2,5-6,9,11-13,19H,3-4,7-8H2,1H3/t11-,12?,13?/m0/s1. The van der Waals surface area contributed by atoms with E-state index in [0.717, 1.165) is 12.8 Å². The van der Waals surface area contributed by atoms with Gasteiger partial charge in [0, 0.05) is 42.0 Å². The van der Waals surface area contributed by atoms with Crippen LogP contribution in [0.2, 0.25) is 0 Å². The van der Waals surface area contributed by atoms with Crippen LogP contribution < -0.4 is 0 Å². The van der Waals surface area contributed by atoms with Gasteiger partial charge in [-0.25, -0.2) is 9.18 Å². The van der Waals surface area contributed by atoms with Crippen LogP contribution in [-0.2, 0) is 4.74 Å². The number of hydrogen-bond donors (Lipinski definition) is 1. The minimum absolute atomic E-state index is 0.00778. The molecule has 4 nitrogen and oxygen atoms in total. The van der Waals surface area contributed by atoms with Crippen molar-refractivity contribution < 1.29 is 13.9 Å². The van der Waals surface area contributed by atoms with E-state index in [1.807, 2.05) is 0 Å². The van der Waals surface area contributed by atoms with Crippen LogP contribution in [0.1, 0.15) is 36.0 Å². The molecule has 2 bridgehead atoms. The van der Waals surface area contributed by atoms with Crippen molar-refractivity contribution in [3.05, 3.63) is 35.8 Å². The maximum atomic E-state index is 13.2. The number of nitrogens with zero attached hydrogens (tertiary/aromatic N) is 1. The van der Waals surface area contributed by atoms with E-state index in [1.54, 1.807) is 12.3 Å². The van der Waals surface area contributed by atoms with Crippen molar-refractivity contribution in [2.24, 2.45) is 0 Å². The molecule has 1 aromatic heterocycles. The van der Waals surface area contributed by atoms with E-state index in [0.29, 0.717) is 28.6 Å². The molecular formula is C17H19FN2O2. The van der Waals surface area contributed by atoms with Crippen molar-refractivity contribution in [3.63, 3.8) is 0 Å². The van der Waals surface area contributed by atoms with Gasteiger partial charge in [0.05, 0.1) is 5.56 Å². The number of halogens is 1. The number of aromatic nitrogens is 1. The average molecular weight is 302 g/mol. The molecule has 0 saturated carbocycles. The fraction of sp³-hybridized carbons (Fsp3) is 0.471. The van der Waals surface area contributed by atoms with Crippen LogP contribution in [0, 0.1) is 5.82 Å². The molecule has 1 aromatic carbocycles. The Labute approximate surface area is 128 Å². The van der Waals surface area contributed by atoms with Crippen LogP contribution in [0.5, 0.6) is 0 Å². The molecule has 2 aliphatic heterocycles. The van der Waals surface area contributed by atoms with Crippen LogP contribution in [0.15, 0.2) is 24.4 Å². The topological polar surface area (TPSA) is 45.3 Å². The average Bonchev–Trinajstić information content (AvgIpc) is 2.97. The van der Waals surface area contributed by atoms with Crippen molar-refractivity contribution in [1.29, 1.82) is 0 Å². The fourth-order valence-corrected chi connectivity index (χ4v) is 3.94. The van der Waals surface area contributed by atoms with Gasteiger partial charge < -0.3 is 14.6 Å². The van der Waals surface area contributed by atoms with Crippen molar-refractivity contribution in [1.82, 2.24) is 9.88 Å².